The third-order valence-corrected chi connectivity index (χ3v) is 3.61. The van der Waals surface area contributed by atoms with Gasteiger partial charge in [0.25, 0.3) is 0 Å². The molecule has 0 aromatic heterocycles. The fourth-order valence-corrected chi connectivity index (χ4v) is 2.69. The third kappa shape index (κ3) is 5.31. The molecule has 1 aliphatic rings. The Balaban J connectivity index is 1.99. The molecule has 2 nitrogen and oxygen atoms in total. The van der Waals surface area contributed by atoms with Crippen molar-refractivity contribution in [1.29, 1.82) is 0 Å². The lowest BCUT2D eigenvalue weighted by Gasteiger charge is -2.23. The van der Waals surface area contributed by atoms with Crippen LogP contribution in [0.15, 0.2) is 0 Å². The molecule has 0 saturated carbocycles. The summed E-state index contributed by atoms with van der Waals surface area (Å²) in [5, 5.41) is 3.54. The van der Waals surface area contributed by atoms with Gasteiger partial charge in [0.15, 0.2) is 0 Å². The Kier molecular flexibility index (Phi) is 7.87. The summed E-state index contributed by atoms with van der Waals surface area (Å²) in [6.07, 6.45) is 9.56. The second kappa shape index (κ2) is 9.00. The maximum atomic E-state index is 3.54. The number of hydrogen-bond donors (Lipinski definition) is 1. The van der Waals surface area contributed by atoms with Gasteiger partial charge in [-0.05, 0) is 64.7 Å². The van der Waals surface area contributed by atoms with Crippen molar-refractivity contribution < 1.29 is 0 Å². The van der Waals surface area contributed by atoms with Crippen LogP contribution in [0.3, 0.4) is 0 Å². The summed E-state index contributed by atoms with van der Waals surface area (Å²) >= 11 is 0. The highest BCUT2D eigenvalue weighted by Crippen LogP contribution is 2.20. The Morgan fingerprint density at radius 2 is 1.94 bits per heavy atom. The average molecular weight is 226 g/mol. The van der Waals surface area contributed by atoms with Gasteiger partial charge in [-0.15, -0.1) is 0 Å². The molecular weight excluding hydrogens is 196 g/mol. The van der Waals surface area contributed by atoms with Crippen LogP contribution < -0.4 is 5.32 Å². The molecule has 0 bridgehead atoms. The van der Waals surface area contributed by atoms with E-state index in [4.69, 9.17) is 0 Å². The molecular formula is C14H30N2. The standard InChI is InChI=1S/C14H30N2/c1-3-5-10-15-11-6-8-14-9-7-13-16(14)12-4-2/h14-15H,3-13H2,1-2H3/t14-/m1/s1. The monoisotopic (exact) mass is 226 g/mol. The van der Waals surface area contributed by atoms with Crippen LogP contribution in [0.2, 0.25) is 0 Å². The van der Waals surface area contributed by atoms with Gasteiger partial charge in [-0.25, -0.2) is 0 Å². The van der Waals surface area contributed by atoms with E-state index in [9.17, 15) is 0 Å². The highest BCUT2D eigenvalue weighted by Gasteiger charge is 2.22. The van der Waals surface area contributed by atoms with E-state index >= 15 is 0 Å². The van der Waals surface area contributed by atoms with E-state index < -0.39 is 0 Å². The highest BCUT2D eigenvalue weighted by atomic mass is 15.2. The lowest BCUT2D eigenvalue weighted by Crippen LogP contribution is -2.30. The molecule has 1 saturated heterocycles. The van der Waals surface area contributed by atoms with Crippen LogP contribution in [0.1, 0.15) is 58.8 Å². The number of nitrogens with one attached hydrogen (secondary N) is 1. The summed E-state index contributed by atoms with van der Waals surface area (Å²) in [7, 11) is 0. The molecule has 0 aromatic rings. The van der Waals surface area contributed by atoms with E-state index in [-0.39, 0.29) is 0 Å². The van der Waals surface area contributed by atoms with Crippen molar-refractivity contribution in [3.8, 4) is 0 Å². The number of nitrogens with zero attached hydrogens (tertiary/aromatic N) is 1. The fourth-order valence-electron chi connectivity index (χ4n) is 2.69. The zero-order valence-corrected chi connectivity index (χ0v) is 11.3. The lowest BCUT2D eigenvalue weighted by molar-refractivity contribution is 0.240. The van der Waals surface area contributed by atoms with E-state index in [2.05, 4.69) is 24.1 Å². The first-order valence-corrected chi connectivity index (χ1v) is 7.33. The summed E-state index contributed by atoms with van der Waals surface area (Å²) in [5.41, 5.74) is 0. The molecule has 1 rings (SSSR count). The molecule has 0 radical (unpaired) electrons. The van der Waals surface area contributed by atoms with Crippen LogP contribution in [0.4, 0.5) is 0 Å². The van der Waals surface area contributed by atoms with E-state index in [1.54, 1.807) is 0 Å². The van der Waals surface area contributed by atoms with Gasteiger partial charge in [-0.3, -0.25) is 0 Å². The van der Waals surface area contributed by atoms with Crippen molar-refractivity contribution in [2.45, 2.75) is 64.8 Å². The van der Waals surface area contributed by atoms with Crippen LogP contribution >= 0.6 is 0 Å². The van der Waals surface area contributed by atoms with Crippen LogP contribution in [-0.4, -0.2) is 37.1 Å². The molecule has 0 amide bonds. The van der Waals surface area contributed by atoms with Crippen molar-refractivity contribution in [2.75, 3.05) is 26.2 Å². The molecule has 1 heterocycles. The first-order chi connectivity index (χ1) is 7.88. The molecule has 1 fully saturated rings. The summed E-state index contributed by atoms with van der Waals surface area (Å²) in [4.78, 5) is 2.70. The third-order valence-electron chi connectivity index (χ3n) is 3.61. The molecule has 0 spiro atoms. The van der Waals surface area contributed by atoms with Crippen molar-refractivity contribution in [1.82, 2.24) is 10.2 Å². The molecule has 1 aliphatic heterocycles. The Hall–Kier alpha value is -0.0800. The Bertz CT molecular complexity index is 159. The number of hydrogen-bond acceptors (Lipinski definition) is 2. The zero-order valence-electron chi connectivity index (χ0n) is 11.3. The fraction of sp³-hybridized carbons (Fsp3) is 1.00. The minimum atomic E-state index is 0.896. The molecule has 0 unspecified atom stereocenters. The minimum absolute atomic E-state index is 0.896. The van der Waals surface area contributed by atoms with Crippen molar-refractivity contribution >= 4 is 0 Å². The topological polar surface area (TPSA) is 15.3 Å². The smallest absolute Gasteiger partial charge is 0.00962 e. The minimum Gasteiger partial charge on any atom is -0.317 e. The molecule has 96 valence electrons. The number of likely N-dealkylation sites (tertiary alicyclic amines) is 1. The predicted molar refractivity (Wildman–Crippen MR) is 71.9 cm³/mol. The van der Waals surface area contributed by atoms with E-state index in [0.717, 1.165) is 6.04 Å². The first-order valence-electron chi connectivity index (χ1n) is 7.33. The quantitative estimate of drug-likeness (QED) is 0.608. The highest BCUT2D eigenvalue weighted by molar-refractivity contribution is 4.78. The van der Waals surface area contributed by atoms with Crippen LogP contribution in [0, 0.1) is 0 Å². The molecule has 1 atom stereocenters. The molecule has 0 aliphatic carbocycles. The predicted octanol–water partition coefficient (Wildman–Crippen LogP) is 3.03. The number of rotatable bonds is 9. The van der Waals surface area contributed by atoms with Crippen LogP contribution in [0.25, 0.3) is 0 Å². The zero-order chi connectivity index (χ0) is 11.6. The van der Waals surface area contributed by atoms with Crippen LogP contribution in [0.5, 0.6) is 0 Å². The van der Waals surface area contributed by atoms with Crippen molar-refractivity contribution in [2.24, 2.45) is 0 Å². The Morgan fingerprint density at radius 3 is 2.69 bits per heavy atom. The summed E-state index contributed by atoms with van der Waals surface area (Å²) in [6.45, 7) is 9.64. The van der Waals surface area contributed by atoms with Crippen molar-refractivity contribution in [3.63, 3.8) is 0 Å². The van der Waals surface area contributed by atoms with Gasteiger partial charge >= 0.3 is 0 Å². The summed E-state index contributed by atoms with van der Waals surface area (Å²) in [5.74, 6) is 0. The molecule has 2 heteroatoms. The summed E-state index contributed by atoms with van der Waals surface area (Å²) < 4.78 is 0. The van der Waals surface area contributed by atoms with Crippen LogP contribution in [-0.2, 0) is 0 Å². The van der Waals surface area contributed by atoms with E-state index in [0.29, 0.717) is 0 Å². The largest absolute Gasteiger partial charge is 0.317 e. The van der Waals surface area contributed by atoms with Crippen molar-refractivity contribution in [3.05, 3.63) is 0 Å². The lowest BCUT2D eigenvalue weighted by atomic mass is 10.1. The van der Waals surface area contributed by atoms with Gasteiger partial charge < -0.3 is 10.2 Å². The Labute approximate surface area is 102 Å². The average Bonchev–Trinajstić information content (AvgIpc) is 2.72. The second-order valence-electron chi connectivity index (χ2n) is 5.08. The Morgan fingerprint density at radius 1 is 1.12 bits per heavy atom. The maximum Gasteiger partial charge on any atom is 0.00962 e. The molecule has 1 N–H and O–H groups in total. The van der Waals surface area contributed by atoms with Gasteiger partial charge in [0, 0.05) is 6.04 Å². The maximum absolute atomic E-state index is 3.54. The second-order valence-corrected chi connectivity index (χ2v) is 5.08. The van der Waals surface area contributed by atoms with Gasteiger partial charge in [0.1, 0.15) is 0 Å². The SMILES string of the molecule is CCCCNCCC[C@@H]1CCCN1CCC. The van der Waals surface area contributed by atoms with Gasteiger partial charge in [0.2, 0.25) is 0 Å². The van der Waals surface area contributed by atoms with E-state index in [1.807, 2.05) is 0 Å². The normalized spacial score (nSPS) is 21.8. The number of unbranched alkanes of at least 4 members (excludes halogenated alkanes) is 1. The summed E-state index contributed by atoms with van der Waals surface area (Å²) in [6, 6.07) is 0.896. The first kappa shape index (κ1) is 14.0. The van der Waals surface area contributed by atoms with Gasteiger partial charge in [-0.2, -0.15) is 0 Å². The van der Waals surface area contributed by atoms with Gasteiger partial charge in [0.05, 0.1) is 0 Å². The molecule has 0 aromatic carbocycles. The molecule has 16 heavy (non-hydrogen) atoms. The van der Waals surface area contributed by atoms with E-state index in [1.165, 1.54) is 71.1 Å². The van der Waals surface area contributed by atoms with Gasteiger partial charge in [-0.1, -0.05) is 20.3 Å².